The summed E-state index contributed by atoms with van der Waals surface area (Å²) in [4.78, 5) is 0. The maximum Gasteiger partial charge on any atom is 0.0129 e. The standard InChI is InChI=1S/C20H35N/c1-4-7-21-20(16-9-12(2)8-13(3)10-16)19-17-14-5-6-15(11-14)18(17)19/h12-21H,4-11H2,1-3H3. The summed E-state index contributed by atoms with van der Waals surface area (Å²) in [5, 5.41) is 4.04. The van der Waals surface area contributed by atoms with Crippen LogP contribution in [-0.4, -0.2) is 12.6 Å². The van der Waals surface area contributed by atoms with Gasteiger partial charge in [-0.05, 0) is 98.8 Å². The fraction of sp³-hybridized carbons (Fsp3) is 1.00. The van der Waals surface area contributed by atoms with Gasteiger partial charge in [0.1, 0.15) is 0 Å². The molecule has 0 aromatic carbocycles. The number of rotatable bonds is 5. The Kier molecular flexibility index (Phi) is 3.84. The summed E-state index contributed by atoms with van der Waals surface area (Å²) in [5.41, 5.74) is 0. The van der Waals surface area contributed by atoms with Crippen molar-refractivity contribution in [2.24, 2.45) is 47.3 Å². The van der Waals surface area contributed by atoms with Gasteiger partial charge in [0.15, 0.2) is 0 Å². The fourth-order valence-electron chi connectivity index (χ4n) is 7.10. The SMILES string of the molecule is CCCNC(C1CC(C)CC(C)C1)C1C2C3CCC(C3)C21. The molecule has 120 valence electrons. The van der Waals surface area contributed by atoms with E-state index in [1.54, 1.807) is 19.3 Å². The molecule has 0 amide bonds. The minimum Gasteiger partial charge on any atom is -0.313 e. The van der Waals surface area contributed by atoms with Crippen molar-refractivity contribution in [2.45, 2.75) is 71.8 Å². The Balaban J connectivity index is 1.47. The molecule has 4 aliphatic carbocycles. The second kappa shape index (κ2) is 5.55. The van der Waals surface area contributed by atoms with E-state index in [2.05, 4.69) is 26.1 Å². The number of nitrogens with one attached hydrogen (secondary N) is 1. The van der Waals surface area contributed by atoms with Crippen molar-refractivity contribution in [3.8, 4) is 0 Å². The minimum atomic E-state index is 0.869. The zero-order valence-corrected chi connectivity index (χ0v) is 14.4. The molecule has 7 atom stereocenters. The summed E-state index contributed by atoms with van der Waals surface area (Å²) < 4.78 is 0. The molecule has 0 aromatic rings. The first-order valence-electron chi connectivity index (χ1n) is 9.92. The van der Waals surface area contributed by atoms with Gasteiger partial charge in [-0.15, -0.1) is 0 Å². The topological polar surface area (TPSA) is 12.0 Å². The van der Waals surface area contributed by atoms with E-state index in [1.165, 1.54) is 32.2 Å². The Hall–Kier alpha value is -0.0400. The number of hydrogen-bond acceptors (Lipinski definition) is 1. The molecule has 4 saturated carbocycles. The van der Waals surface area contributed by atoms with E-state index in [1.807, 2.05) is 0 Å². The summed E-state index contributed by atoms with van der Waals surface area (Å²) in [7, 11) is 0. The maximum absolute atomic E-state index is 4.04. The molecule has 1 heteroatoms. The lowest BCUT2D eigenvalue weighted by molar-refractivity contribution is 0.153. The second-order valence-corrected chi connectivity index (χ2v) is 9.22. The predicted molar refractivity (Wildman–Crippen MR) is 89.1 cm³/mol. The lowest BCUT2D eigenvalue weighted by Crippen LogP contribution is -2.43. The Labute approximate surface area is 131 Å². The second-order valence-electron chi connectivity index (χ2n) is 9.22. The van der Waals surface area contributed by atoms with E-state index in [4.69, 9.17) is 0 Å². The van der Waals surface area contributed by atoms with Gasteiger partial charge in [0.25, 0.3) is 0 Å². The van der Waals surface area contributed by atoms with E-state index in [9.17, 15) is 0 Å². The summed E-state index contributed by atoms with van der Waals surface area (Å²) >= 11 is 0. The molecule has 1 N–H and O–H groups in total. The molecule has 0 aliphatic heterocycles. The van der Waals surface area contributed by atoms with E-state index in [-0.39, 0.29) is 0 Å². The van der Waals surface area contributed by atoms with Crippen LogP contribution in [0.3, 0.4) is 0 Å². The van der Waals surface area contributed by atoms with Crippen LogP contribution in [0, 0.1) is 47.3 Å². The van der Waals surface area contributed by atoms with Gasteiger partial charge in [-0.1, -0.05) is 20.8 Å². The van der Waals surface area contributed by atoms with Crippen molar-refractivity contribution < 1.29 is 0 Å². The lowest BCUT2D eigenvalue weighted by atomic mass is 9.72. The van der Waals surface area contributed by atoms with Gasteiger partial charge in [0, 0.05) is 6.04 Å². The predicted octanol–water partition coefficient (Wildman–Crippen LogP) is 4.72. The van der Waals surface area contributed by atoms with Gasteiger partial charge in [-0.3, -0.25) is 0 Å². The van der Waals surface area contributed by atoms with Crippen molar-refractivity contribution in [3.63, 3.8) is 0 Å². The van der Waals surface area contributed by atoms with Crippen LogP contribution in [-0.2, 0) is 0 Å². The Morgan fingerprint density at radius 2 is 1.52 bits per heavy atom. The van der Waals surface area contributed by atoms with Gasteiger partial charge in [0.05, 0.1) is 0 Å². The Morgan fingerprint density at radius 1 is 0.905 bits per heavy atom. The van der Waals surface area contributed by atoms with Crippen molar-refractivity contribution in [2.75, 3.05) is 6.54 Å². The van der Waals surface area contributed by atoms with Crippen LogP contribution in [0.25, 0.3) is 0 Å². The molecule has 7 unspecified atom stereocenters. The highest BCUT2D eigenvalue weighted by Crippen LogP contribution is 2.71. The smallest absolute Gasteiger partial charge is 0.0129 e. The quantitative estimate of drug-likeness (QED) is 0.772. The molecule has 0 aromatic heterocycles. The first-order chi connectivity index (χ1) is 10.2. The third-order valence-corrected chi connectivity index (χ3v) is 7.56. The zero-order chi connectivity index (χ0) is 14.6. The molecule has 4 aliphatic rings. The average molecular weight is 290 g/mol. The molecule has 0 heterocycles. The van der Waals surface area contributed by atoms with Gasteiger partial charge in [0.2, 0.25) is 0 Å². The van der Waals surface area contributed by atoms with Gasteiger partial charge >= 0.3 is 0 Å². The van der Waals surface area contributed by atoms with E-state index in [0.717, 1.165) is 53.4 Å². The number of fused-ring (bicyclic) bond motifs is 5. The maximum atomic E-state index is 4.04. The molecule has 21 heavy (non-hydrogen) atoms. The molecule has 4 fully saturated rings. The normalized spacial score (nSPS) is 52.7. The van der Waals surface area contributed by atoms with Crippen LogP contribution in [0.2, 0.25) is 0 Å². The van der Waals surface area contributed by atoms with Crippen molar-refractivity contribution in [1.82, 2.24) is 5.32 Å². The summed E-state index contributed by atoms with van der Waals surface area (Å²) in [6.07, 6.45) is 10.5. The zero-order valence-electron chi connectivity index (χ0n) is 14.4. The van der Waals surface area contributed by atoms with Gasteiger partial charge in [-0.25, -0.2) is 0 Å². The highest BCUT2D eigenvalue weighted by Gasteiger charge is 2.67. The average Bonchev–Trinajstić information content (AvgIpc) is 2.86. The van der Waals surface area contributed by atoms with Crippen LogP contribution in [0.5, 0.6) is 0 Å². The van der Waals surface area contributed by atoms with Crippen LogP contribution >= 0.6 is 0 Å². The largest absolute Gasteiger partial charge is 0.313 e. The first-order valence-corrected chi connectivity index (χ1v) is 9.92. The molecule has 0 radical (unpaired) electrons. The summed E-state index contributed by atoms with van der Waals surface area (Å²) in [6, 6.07) is 0.869. The molecular formula is C20H35N. The molecule has 1 nitrogen and oxygen atoms in total. The third-order valence-electron chi connectivity index (χ3n) is 7.56. The van der Waals surface area contributed by atoms with Crippen molar-refractivity contribution in [3.05, 3.63) is 0 Å². The van der Waals surface area contributed by atoms with Crippen molar-refractivity contribution in [1.29, 1.82) is 0 Å². The van der Waals surface area contributed by atoms with Crippen LogP contribution in [0.15, 0.2) is 0 Å². The van der Waals surface area contributed by atoms with Crippen LogP contribution in [0.4, 0.5) is 0 Å². The summed E-state index contributed by atoms with van der Waals surface area (Å²) in [5.74, 6) is 8.52. The Morgan fingerprint density at radius 3 is 2.10 bits per heavy atom. The number of hydrogen-bond donors (Lipinski definition) is 1. The van der Waals surface area contributed by atoms with Gasteiger partial charge in [-0.2, -0.15) is 0 Å². The van der Waals surface area contributed by atoms with E-state index < -0.39 is 0 Å². The lowest BCUT2D eigenvalue weighted by Gasteiger charge is -2.38. The molecular weight excluding hydrogens is 254 g/mol. The van der Waals surface area contributed by atoms with Crippen LogP contribution in [0.1, 0.15) is 65.7 Å². The molecule has 0 saturated heterocycles. The first kappa shape index (κ1) is 14.5. The Bertz CT molecular complexity index is 350. The highest BCUT2D eigenvalue weighted by molar-refractivity contribution is 5.16. The third kappa shape index (κ3) is 2.48. The monoisotopic (exact) mass is 289 g/mol. The van der Waals surface area contributed by atoms with Gasteiger partial charge < -0.3 is 5.32 Å². The van der Waals surface area contributed by atoms with Crippen LogP contribution < -0.4 is 5.32 Å². The van der Waals surface area contributed by atoms with Crippen molar-refractivity contribution >= 4 is 0 Å². The summed E-state index contributed by atoms with van der Waals surface area (Å²) in [6.45, 7) is 8.57. The highest BCUT2D eigenvalue weighted by atomic mass is 15.0. The van der Waals surface area contributed by atoms with E-state index in [0.29, 0.717) is 0 Å². The fourth-order valence-corrected chi connectivity index (χ4v) is 7.10. The molecule has 0 spiro atoms. The van der Waals surface area contributed by atoms with E-state index >= 15 is 0 Å². The minimum absolute atomic E-state index is 0.869. The molecule has 4 rings (SSSR count). The molecule has 2 bridgehead atoms.